The molecule has 0 spiro atoms. The molecule has 6 aliphatic rings. The van der Waals surface area contributed by atoms with Crippen molar-refractivity contribution in [2.75, 3.05) is 49.6 Å². The molecule has 2 aliphatic carbocycles. The summed E-state index contributed by atoms with van der Waals surface area (Å²) in [5.74, 6) is 3.93. The molecule has 0 radical (unpaired) electrons. The van der Waals surface area contributed by atoms with Gasteiger partial charge in [-0.15, -0.1) is 0 Å². The second-order valence-corrected chi connectivity index (χ2v) is 11.9. The zero-order chi connectivity index (χ0) is 23.2. The van der Waals surface area contributed by atoms with Gasteiger partial charge in [0.15, 0.2) is 11.6 Å². The van der Waals surface area contributed by atoms with Crippen molar-refractivity contribution < 1.29 is 4.79 Å². The maximum Gasteiger partial charge on any atom is 0.226 e. The number of hydrazone groups is 1. The van der Waals surface area contributed by atoms with Crippen LogP contribution in [-0.2, 0) is 4.79 Å². The second kappa shape index (κ2) is 7.06. The number of carbonyl (C=O) groups is 1. The highest BCUT2D eigenvalue weighted by Gasteiger charge is 2.57. The number of piperidine rings is 1. The van der Waals surface area contributed by atoms with E-state index in [9.17, 15) is 4.79 Å². The summed E-state index contributed by atoms with van der Waals surface area (Å²) in [7, 11) is 2.08. The SMILES string of the molecule is CC1=NN(CC23CCC(NC(=O)C4CNC4)(CC2)C3)C2CCN(c3nc(C)nc4c3N4C)CC12. The van der Waals surface area contributed by atoms with E-state index < -0.39 is 0 Å². The van der Waals surface area contributed by atoms with Crippen molar-refractivity contribution >= 4 is 28.9 Å². The highest BCUT2D eigenvalue weighted by molar-refractivity contribution is 5.97. The van der Waals surface area contributed by atoms with Crippen LogP contribution in [0.3, 0.4) is 0 Å². The highest BCUT2D eigenvalue weighted by Crippen LogP contribution is 2.57. The molecule has 34 heavy (non-hydrogen) atoms. The third kappa shape index (κ3) is 3.08. The van der Waals surface area contributed by atoms with E-state index in [1.807, 2.05) is 6.92 Å². The van der Waals surface area contributed by atoms with Gasteiger partial charge in [-0.2, -0.15) is 5.10 Å². The minimum Gasteiger partial charge on any atom is -0.354 e. The van der Waals surface area contributed by atoms with E-state index >= 15 is 0 Å². The Labute approximate surface area is 201 Å². The molecular formula is C25H36N8O. The first-order chi connectivity index (χ1) is 16.4. The number of aromatic nitrogens is 2. The quantitative estimate of drug-likeness (QED) is 0.643. The summed E-state index contributed by atoms with van der Waals surface area (Å²) in [5.41, 5.74) is 2.80. The molecule has 2 saturated heterocycles. The van der Waals surface area contributed by atoms with Crippen LogP contribution in [0, 0.1) is 24.2 Å². The van der Waals surface area contributed by atoms with Crippen molar-refractivity contribution in [1.29, 1.82) is 0 Å². The molecule has 9 heteroatoms. The van der Waals surface area contributed by atoms with Crippen molar-refractivity contribution in [3.05, 3.63) is 5.82 Å². The van der Waals surface area contributed by atoms with E-state index in [2.05, 4.69) is 44.4 Å². The Hall–Kier alpha value is -2.42. The van der Waals surface area contributed by atoms with Crippen LogP contribution in [-0.4, -0.2) is 77.9 Å². The van der Waals surface area contributed by atoms with Crippen LogP contribution in [0.1, 0.15) is 51.3 Å². The smallest absolute Gasteiger partial charge is 0.226 e. The number of hydrogen-bond acceptors (Lipinski definition) is 8. The Bertz CT molecular complexity index is 1070. The molecule has 5 heterocycles. The Morgan fingerprint density at radius 1 is 1.15 bits per heavy atom. The number of nitrogens with zero attached hydrogens (tertiary/aromatic N) is 6. The standard InChI is InChI=1S/C25H36N8O/c1-15-18-12-32(22-20-21(31(20)3)27-16(2)28-22)9-4-19(18)33(30-15)14-24-5-7-25(13-24,8-6-24)29-23(34)17-10-26-11-17/h17-19,26H,4-14H2,1-3H3,(H,29,34). The molecule has 2 saturated carbocycles. The molecule has 2 bridgehead atoms. The van der Waals surface area contributed by atoms with Gasteiger partial charge < -0.3 is 20.4 Å². The van der Waals surface area contributed by atoms with Gasteiger partial charge >= 0.3 is 0 Å². The molecule has 0 aromatic carbocycles. The number of aryl methyl sites for hydroxylation is 1. The maximum atomic E-state index is 12.7. The summed E-state index contributed by atoms with van der Waals surface area (Å²) in [4.78, 5) is 26.6. The van der Waals surface area contributed by atoms with Gasteiger partial charge in [-0.1, -0.05) is 0 Å². The van der Waals surface area contributed by atoms with Crippen LogP contribution >= 0.6 is 0 Å². The van der Waals surface area contributed by atoms with Crippen LogP contribution < -0.4 is 20.4 Å². The monoisotopic (exact) mass is 464 g/mol. The molecule has 4 fully saturated rings. The molecule has 9 nitrogen and oxygen atoms in total. The number of amides is 1. The lowest BCUT2D eigenvalue weighted by Gasteiger charge is -2.41. The van der Waals surface area contributed by atoms with Gasteiger partial charge in [0.2, 0.25) is 5.91 Å². The number of hydrogen-bond donors (Lipinski definition) is 2. The summed E-state index contributed by atoms with van der Waals surface area (Å²) in [5, 5.41) is 14.3. The number of rotatable bonds is 5. The Balaban J connectivity index is 1.03. The van der Waals surface area contributed by atoms with Crippen LogP contribution in [0.4, 0.5) is 17.3 Å². The van der Waals surface area contributed by atoms with Gasteiger partial charge in [0.1, 0.15) is 11.5 Å². The van der Waals surface area contributed by atoms with Gasteiger partial charge in [-0.05, 0) is 57.8 Å². The average Bonchev–Trinajstić information content (AvgIpc) is 3.06. The van der Waals surface area contributed by atoms with Crippen LogP contribution in [0.15, 0.2) is 5.10 Å². The number of fused-ring (bicyclic) bond motifs is 4. The first kappa shape index (κ1) is 20.9. The fourth-order valence-electron chi connectivity index (χ4n) is 7.51. The van der Waals surface area contributed by atoms with Gasteiger partial charge in [0.05, 0.1) is 12.0 Å². The first-order valence-electron chi connectivity index (χ1n) is 13.1. The summed E-state index contributed by atoms with van der Waals surface area (Å²) in [6.07, 6.45) is 6.91. The lowest BCUT2D eigenvalue weighted by Crippen LogP contribution is -2.55. The molecule has 4 aliphatic heterocycles. The molecule has 1 aromatic rings. The van der Waals surface area contributed by atoms with E-state index in [0.29, 0.717) is 17.4 Å². The van der Waals surface area contributed by atoms with Gasteiger partial charge in [-0.3, -0.25) is 9.80 Å². The lowest BCUT2D eigenvalue weighted by atomic mass is 9.82. The van der Waals surface area contributed by atoms with E-state index in [-0.39, 0.29) is 17.4 Å². The summed E-state index contributed by atoms with van der Waals surface area (Å²) < 4.78 is 0. The van der Waals surface area contributed by atoms with Gasteiger partial charge in [-0.25, -0.2) is 9.97 Å². The van der Waals surface area contributed by atoms with Crippen LogP contribution in [0.5, 0.6) is 0 Å². The van der Waals surface area contributed by atoms with Gasteiger partial charge in [0.25, 0.3) is 0 Å². The minimum absolute atomic E-state index is 0.0359. The van der Waals surface area contributed by atoms with Crippen molar-refractivity contribution in [2.45, 2.75) is 64.0 Å². The molecule has 1 amide bonds. The molecule has 2 N–H and O–H groups in total. The highest BCUT2D eigenvalue weighted by atomic mass is 16.2. The second-order valence-electron chi connectivity index (χ2n) is 11.9. The summed E-state index contributed by atoms with van der Waals surface area (Å²) >= 11 is 0. The van der Waals surface area contributed by atoms with Crippen molar-refractivity contribution in [3.63, 3.8) is 0 Å². The van der Waals surface area contributed by atoms with E-state index in [4.69, 9.17) is 10.1 Å². The Morgan fingerprint density at radius 2 is 1.91 bits per heavy atom. The Kier molecular flexibility index (Phi) is 4.34. The van der Waals surface area contributed by atoms with Crippen molar-refractivity contribution in [3.8, 4) is 0 Å². The van der Waals surface area contributed by atoms with E-state index in [0.717, 1.165) is 75.9 Å². The minimum atomic E-state index is 0.0359. The fraction of sp³-hybridized carbons (Fsp3) is 0.760. The van der Waals surface area contributed by atoms with Crippen molar-refractivity contribution in [2.24, 2.45) is 22.4 Å². The predicted molar refractivity (Wildman–Crippen MR) is 132 cm³/mol. The molecule has 2 atom stereocenters. The zero-order valence-electron chi connectivity index (χ0n) is 20.6. The Morgan fingerprint density at radius 3 is 2.65 bits per heavy atom. The van der Waals surface area contributed by atoms with Crippen LogP contribution in [0.2, 0.25) is 0 Å². The normalized spacial score (nSPS) is 35.7. The molecular weight excluding hydrogens is 428 g/mol. The predicted octanol–water partition coefficient (Wildman–Crippen LogP) is 1.79. The number of carbonyl (C=O) groups excluding carboxylic acids is 1. The largest absolute Gasteiger partial charge is 0.354 e. The summed E-state index contributed by atoms with van der Waals surface area (Å²) in [6, 6.07) is 0.487. The molecule has 7 rings (SSSR count). The number of anilines is 3. The third-order valence-corrected chi connectivity index (χ3v) is 9.66. The van der Waals surface area contributed by atoms with E-state index in [1.165, 1.54) is 24.2 Å². The van der Waals surface area contributed by atoms with Crippen molar-refractivity contribution in [1.82, 2.24) is 25.6 Å². The first-order valence-corrected chi connectivity index (χ1v) is 13.1. The van der Waals surface area contributed by atoms with E-state index in [1.54, 1.807) is 0 Å². The molecule has 182 valence electrons. The maximum absolute atomic E-state index is 12.7. The fourth-order valence-corrected chi connectivity index (χ4v) is 7.51. The molecule has 2 unspecified atom stereocenters. The topological polar surface area (TPSA) is 88.8 Å². The zero-order valence-corrected chi connectivity index (χ0v) is 20.6. The number of nitrogens with one attached hydrogen (secondary N) is 2. The lowest BCUT2D eigenvalue weighted by molar-refractivity contribution is -0.128. The third-order valence-electron chi connectivity index (χ3n) is 9.66. The molecule has 1 aromatic heterocycles. The average molecular weight is 465 g/mol. The van der Waals surface area contributed by atoms with Crippen LogP contribution in [0.25, 0.3) is 0 Å². The summed E-state index contributed by atoms with van der Waals surface area (Å²) in [6.45, 7) is 8.91. The van der Waals surface area contributed by atoms with Gasteiger partial charge in [0, 0.05) is 56.9 Å².